The van der Waals surface area contributed by atoms with Crippen LogP contribution in [0.15, 0.2) is 30.5 Å². The van der Waals surface area contributed by atoms with Gasteiger partial charge >= 0.3 is 0 Å². The third kappa shape index (κ3) is 2.15. The molecule has 1 N–H and O–H groups in total. The van der Waals surface area contributed by atoms with Crippen LogP contribution in [0.3, 0.4) is 0 Å². The van der Waals surface area contributed by atoms with Gasteiger partial charge in [0.25, 0.3) is 5.91 Å². The summed E-state index contributed by atoms with van der Waals surface area (Å²) in [5.74, 6) is 0.546. The maximum atomic E-state index is 11.3. The van der Waals surface area contributed by atoms with Crippen LogP contribution in [0.1, 0.15) is 10.6 Å². The smallest absolute Gasteiger partial charge is 0.262 e. The van der Waals surface area contributed by atoms with E-state index in [2.05, 4.69) is 15.3 Å². The van der Waals surface area contributed by atoms with Crippen LogP contribution in [-0.4, -0.2) is 28.8 Å². The topological polar surface area (TPSA) is 81.2 Å². The monoisotopic (exact) mass is 255 g/mol. The first-order valence-corrected chi connectivity index (χ1v) is 5.61. The van der Waals surface area contributed by atoms with Crippen LogP contribution in [0.4, 0.5) is 5.69 Å². The van der Waals surface area contributed by atoms with Gasteiger partial charge in [-0.1, -0.05) is 0 Å². The number of carbonyl (C=O) groups excluding carboxylic acids is 2. The van der Waals surface area contributed by atoms with Gasteiger partial charge in [-0.2, -0.15) is 0 Å². The first-order chi connectivity index (χ1) is 9.26. The van der Waals surface area contributed by atoms with Crippen LogP contribution in [0.5, 0.6) is 5.75 Å². The molecule has 0 saturated heterocycles. The molecule has 1 aromatic heterocycles. The zero-order valence-corrected chi connectivity index (χ0v) is 9.79. The minimum Gasteiger partial charge on any atom is -0.482 e. The number of nitrogens with one attached hydrogen (secondary N) is 1. The van der Waals surface area contributed by atoms with Gasteiger partial charge in [0.2, 0.25) is 0 Å². The van der Waals surface area contributed by atoms with Gasteiger partial charge in [0.05, 0.1) is 11.4 Å². The minimum atomic E-state index is -0.194. The number of fused-ring (bicyclic) bond motifs is 1. The molecule has 6 nitrogen and oxygen atoms in total. The zero-order chi connectivity index (χ0) is 13.2. The van der Waals surface area contributed by atoms with Gasteiger partial charge in [-0.05, 0) is 24.3 Å². The molecular formula is C13H9N3O3. The van der Waals surface area contributed by atoms with Gasteiger partial charge in [-0.15, -0.1) is 0 Å². The Balaban J connectivity index is 2.03. The average Bonchev–Trinajstić information content (AvgIpc) is 2.46. The van der Waals surface area contributed by atoms with Crippen molar-refractivity contribution in [2.24, 2.45) is 0 Å². The number of hydrogen-bond acceptors (Lipinski definition) is 5. The molecule has 2 heterocycles. The molecule has 1 aromatic carbocycles. The maximum absolute atomic E-state index is 11.3. The molecule has 0 saturated carbocycles. The molecule has 0 spiro atoms. The molecule has 6 heteroatoms. The molecular weight excluding hydrogens is 246 g/mol. The second-order valence-electron chi connectivity index (χ2n) is 3.97. The lowest BCUT2D eigenvalue weighted by Gasteiger charge is -2.18. The fraction of sp³-hybridized carbons (Fsp3) is 0.0769. The summed E-state index contributed by atoms with van der Waals surface area (Å²) in [7, 11) is 0. The maximum Gasteiger partial charge on any atom is 0.262 e. The van der Waals surface area contributed by atoms with Crippen LogP contribution in [0.25, 0.3) is 11.3 Å². The number of ether oxygens (including phenoxy) is 1. The normalized spacial score (nSPS) is 13.2. The Morgan fingerprint density at radius 1 is 1.32 bits per heavy atom. The van der Waals surface area contributed by atoms with E-state index in [1.807, 2.05) is 6.07 Å². The Labute approximate surface area is 108 Å². The van der Waals surface area contributed by atoms with Gasteiger partial charge < -0.3 is 10.1 Å². The second kappa shape index (κ2) is 4.49. The van der Waals surface area contributed by atoms with Crippen molar-refractivity contribution in [1.29, 1.82) is 0 Å². The van der Waals surface area contributed by atoms with Gasteiger partial charge in [-0.25, -0.2) is 9.97 Å². The third-order valence-electron chi connectivity index (χ3n) is 2.69. The van der Waals surface area contributed by atoms with E-state index in [1.165, 1.54) is 6.20 Å². The zero-order valence-electron chi connectivity index (χ0n) is 9.79. The number of nitrogens with zero attached hydrogens (tertiary/aromatic N) is 2. The van der Waals surface area contributed by atoms with Gasteiger partial charge in [0.15, 0.2) is 18.7 Å². The average molecular weight is 255 g/mol. The van der Waals surface area contributed by atoms with Gasteiger partial charge in [-0.3, -0.25) is 9.59 Å². The van der Waals surface area contributed by atoms with Crippen molar-refractivity contribution < 1.29 is 14.3 Å². The lowest BCUT2D eigenvalue weighted by atomic mass is 10.1. The fourth-order valence-electron chi connectivity index (χ4n) is 1.83. The molecule has 0 bridgehead atoms. The Bertz CT molecular complexity index is 670. The predicted octanol–water partition coefficient (Wildman–Crippen LogP) is 1.29. The number of rotatable bonds is 2. The van der Waals surface area contributed by atoms with E-state index in [4.69, 9.17) is 4.74 Å². The highest BCUT2D eigenvalue weighted by Crippen LogP contribution is 2.31. The van der Waals surface area contributed by atoms with E-state index < -0.39 is 0 Å². The molecule has 3 rings (SSSR count). The predicted molar refractivity (Wildman–Crippen MR) is 67.0 cm³/mol. The summed E-state index contributed by atoms with van der Waals surface area (Å²) in [4.78, 5) is 29.8. The highest BCUT2D eigenvalue weighted by Gasteiger charge is 2.16. The van der Waals surface area contributed by atoms with Crippen molar-refractivity contribution in [2.45, 2.75) is 0 Å². The second-order valence-corrected chi connectivity index (χ2v) is 3.97. The number of carbonyl (C=O) groups is 2. The van der Waals surface area contributed by atoms with Gasteiger partial charge in [0.1, 0.15) is 5.75 Å². The Morgan fingerprint density at radius 3 is 3.05 bits per heavy atom. The molecule has 0 aliphatic carbocycles. The Morgan fingerprint density at radius 2 is 2.21 bits per heavy atom. The van der Waals surface area contributed by atoms with E-state index >= 15 is 0 Å². The molecule has 1 aliphatic rings. The number of amides is 1. The molecule has 0 atom stereocenters. The molecule has 1 amide bonds. The molecule has 0 unspecified atom stereocenters. The summed E-state index contributed by atoms with van der Waals surface area (Å²) in [5, 5.41) is 2.72. The quantitative estimate of drug-likeness (QED) is 0.818. The molecule has 2 aromatic rings. The van der Waals surface area contributed by atoms with Crippen LogP contribution in [0.2, 0.25) is 0 Å². The summed E-state index contributed by atoms with van der Waals surface area (Å²) in [6.45, 7) is 0.0230. The molecule has 0 radical (unpaired) electrons. The Hall–Kier alpha value is -2.76. The summed E-state index contributed by atoms with van der Waals surface area (Å²) in [6.07, 6.45) is 2.10. The van der Waals surface area contributed by atoms with E-state index in [0.29, 0.717) is 23.4 Å². The van der Waals surface area contributed by atoms with Crippen molar-refractivity contribution >= 4 is 17.9 Å². The lowest BCUT2D eigenvalue weighted by Crippen LogP contribution is -2.25. The summed E-state index contributed by atoms with van der Waals surface area (Å²) in [6, 6.07) is 7.02. The third-order valence-corrected chi connectivity index (χ3v) is 2.69. The van der Waals surface area contributed by atoms with Crippen molar-refractivity contribution in [3.63, 3.8) is 0 Å². The number of aldehydes is 1. The SMILES string of the molecule is O=Cc1nccc(-c2ccc3c(c2)NC(=O)CO3)n1. The summed E-state index contributed by atoms with van der Waals surface area (Å²) < 4.78 is 5.27. The molecule has 94 valence electrons. The number of hydrogen-bond donors (Lipinski definition) is 1. The number of benzene rings is 1. The number of anilines is 1. The first-order valence-electron chi connectivity index (χ1n) is 5.61. The fourth-order valence-corrected chi connectivity index (χ4v) is 1.83. The minimum absolute atomic E-state index is 0.0230. The van der Waals surface area contributed by atoms with Crippen LogP contribution >= 0.6 is 0 Å². The van der Waals surface area contributed by atoms with Crippen molar-refractivity contribution in [2.75, 3.05) is 11.9 Å². The van der Waals surface area contributed by atoms with Crippen molar-refractivity contribution in [1.82, 2.24) is 9.97 Å². The van der Waals surface area contributed by atoms with Crippen LogP contribution < -0.4 is 10.1 Å². The Kier molecular flexibility index (Phi) is 2.68. The van der Waals surface area contributed by atoms with Crippen molar-refractivity contribution in [3.8, 4) is 17.0 Å². The number of aromatic nitrogens is 2. The highest BCUT2D eigenvalue weighted by atomic mass is 16.5. The van der Waals surface area contributed by atoms with Gasteiger partial charge in [0, 0.05) is 11.8 Å². The van der Waals surface area contributed by atoms with Crippen molar-refractivity contribution in [3.05, 3.63) is 36.3 Å². The van der Waals surface area contributed by atoms with Crippen LogP contribution in [0, 0.1) is 0 Å². The summed E-state index contributed by atoms with van der Waals surface area (Å²) >= 11 is 0. The van der Waals surface area contributed by atoms with E-state index in [9.17, 15) is 9.59 Å². The summed E-state index contributed by atoms with van der Waals surface area (Å²) in [5.41, 5.74) is 1.98. The largest absolute Gasteiger partial charge is 0.482 e. The van der Waals surface area contributed by atoms with E-state index in [1.54, 1.807) is 18.2 Å². The lowest BCUT2D eigenvalue weighted by molar-refractivity contribution is -0.118. The standard InChI is InChI=1S/C13H9N3O3/c17-6-12-14-4-3-9(15-12)8-1-2-11-10(5-8)16-13(18)7-19-11/h1-6H,7H2,(H,16,18). The highest BCUT2D eigenvalue weighted by molar-refractivity contribution is 5.96. The first kappa shape index (κ1) is 11.3. The van der Waals surface area contributed by atoms with E-state index in [-0.39, 0.29) is 18.3 Å². The molecule has 19 heavy (non-hydrogen) atoms. The van der Waals surface area contributed by atoms with Crippen LogP contribution in [-0.2, 0) is 4.79 Å². The molecule has 0 fully saturated rings. The van der Waals surface area contributed by atoms with E-state index in [0.717, 1.165) is 5.56 Å². The molecule has 1 aliphatic heterocycles.